The molecule has 1 aliphatic heterocycles. The number of cyclic esters (lactones) is 1. The highest BCUT2D eigenvalue weighted by molar-refractivity contribution is 5.90. The second-order valence-corrected chi connectivity index (χ2v) is 13.1. The third kappa shape index (κ3) is 20.6. The zero-order chi connectivity index (χ0) is 31.9. The Labute approximate surface area is 261 Å². The smallest absolute Gasteiger partial charge is 0.334 e. The van der Waals surface area contributed by atoms with Gasteiger partial charge >= 0.3 is 5.97 Å². The van der Waals surface area contributed by atoms with Crippen molar-refractivity contribution >= 4 is 5.97 Å². The summed E-state index contributed by atoms with van der Waals surface area (Å²) < 4.78 is 5.04. The number of carbonyl (C=O) groups is 1. The molecule has 8 heteroatoms. The standard InChI is InChI=1S/C35H66O8/c1-3-4-5-6-7-8-9-10-11-15-21-31(38)33(40)23-24-34(41)32(39)22-16-13-12-14-18-29(36)19-17-20-30(37)26-28-25-27(2)43-35(28)42/h25,27,29-34,36-41H,3-24,26H2,1-2H3/t27-,29?,30+,31?,32?,33?,34?/m0/s1. The molecule has 0 aromatic rings. The van der Waals surface area contributed by atoms with Gasteiger partial charge in [0.25, 0.3) is 0 Å². The molecule has 5 unspecified atom stereocenters. The fourth-order valence-electron chi connectivity index (χ4n) is 5.91. The summed E-state index contributed by atoms with van der Waals surface area (Å²) in [4.78, 5) is 11.6. The molecule has 7 atom stereocenters. The lowest BCUT2D eigenvalue weighted by Crippen LogP contribution is -2.31. The highest BCUT2D eigenvalue weighted by Gasteiger charge is 2.24. The van der Waals surface area contributed by atoms with Gasteiger partial charge in [0.1, 0.15) is 6.10 Å². The zero-order valence-electron chi connectivity index (χ0n) is 27.4. The van der Waals surface area contributed by atoms with Gasteiger partial charge in [0, 0.05) is 12.0 Å². The van der Waals surface area contributed by atoms with Crippen LogP contribution in [0.4, 0.5) is 0 Å². The fraction of sp³-hybridized carbons (Fsp3) is 0.914. The molecule has 0 saturated carbocycles. The van der Waals surface area contributed by atoms with Crippen LogP contribution in [0.3, 0.4) is 0 Å². The van der Waals surface area contributed by atoms with Crippen molar-refractivity contribution in [2.75, 3.05) is 0 Å². The van der Waals surface area contributed by atoms with Crippen molar-refractivity contribution in [3.05, 3.63) is 11.6 Å². The maximum absolute atomic E-state index is 11.6. The number of aliphatic hydroxyl groups is 6. The average Bonchev–Trinajstić information content (AvgIpc) is 3.29. The largest absolute Gasteiger partial charge is 0.455 e. The van der Waals surface area contributed by atoms with E-state index in [9.17, 15) is 35.4 Å². The van der Waals surface area contributed by atoms with E-state index < -0.39 is 36.6 Å². The Bertz CT molecular complexity index is 714. The summed E-state index contributed by atoms with van der Waals surface area (Å²) >= 11 is 0. The van der Waals surface area contributed by atoms with Gasteiger partial charge in [-0.1, -0.05) is 96.8 Å². The van der Waals surface area contributed by atoms with Gasteiger partial charge in [-0.3, -0.25) is 0 Å². The van der Waals surface area contributed by atoms with E-state index in [1.807, 2.05) is 0 Å². The minimum atomic E-state index is -0.907. The molecule has 0 aromatic carbocycles. The van der Waals surface area contributed by atoms with Crippen LogP contribution in [0.1, 0.15) is 162 Å². The minimum absolute atomic E-state index is 0.229. The SMILES string of the molecule is CCCCCCCCCCCCC(O)C(O)CCC(O)C(O)CCCCCCC(O)CCC[C@@H](O)CC1=C[C@H](C)OC1=O. The molecule has 6 N–H and O–H groups in total. The first-order chi connectivity index (χ1) is 20.6. The van der Waals surface area contributed by atoms with Crippen LogP contribution >= 0.6 is 0 Å². The average molecular weight is 615 g/mol. The summed E-state index contributed by atoms with van der Waals surface area (Å²) in [5.41, 5.74) is 0.532. The van der Waals surface area contributed by atoms with E-state index in [1.165, 1.54) is 51.4 Å². The fourth-order valence-corrected chi connectivity index (χ4v) is 5.91. The topological polar surface area (TPSA) is 148 Å². The molecule has 0 spiro atoms. The second-order valence-electron chi connectivity index (χ2n) is 13.1. The minimum Gasteiger partial charge on any atom is -0.455 e. The first kappa shape index (κ1) is 40.0. The molecule has 0 saturated heterocycles. The normalized spacial score (nSPS) is 19.5. The van der Waals surface area contributed by atoms with E-state index in [-0.39, 0.29) is 24.9 Å². The molecule has 1 heterocycles. The molecule has 1 aliphatic rings. The van der Waals surface area contributed by atoms with Gasteiger partial charge in [-0.05, 0) is 64.4 Å². The van der Waals surface area contributed by atoms with Crippen molar-refractivity contribution in [2.24, 2.45) is 0 Å². The summed E-state index contributed by atoms with van der Waals surface area (Å²) in [5.74, 6) is -0.350. The summed E-state index contributed by atoms with van der Waals surface area (Å²) in [5, 5.41) is 61.5. The lowest BCUT2D eigenvalue weighted by atomic mass is 9.96. The summed E-state index contributed by atoms with van der Waals surface area (Å²) in [7, 11) is 0. The molecule has 0 radical (unpaired) electrons. The number of rotatable bonds is 29. The van der Waals surface area contributed by atoms with Crippen LogP contribution in [-0.2, 0) is 9.53 Å². The molecule has 0 aliphatic carbocycles. The van der Waals surface area contributed by atoms with Gasteiger partial charge in [-0.2, -0.15) is 0 Å². The van der Waals surface area contributed by atoms with Gasteiger partial charge in [-0.15, -0.1) is 0 Å². The predicted molar refractivity (Wildman–Crippen MR) is 172 cm³/mol. The number of hydrogen-bond acceptors (Lipinski definition) is 8. The van der Waals surface area contributed by atoms with E-state index >= 15 is 0 Å². The van der Waals surface area contributed by atoms with E-state index in [0.29, 0.717) is 50.5 Å². The van der Waals surface area contributed by atoms with E-state index in [4.69, 9.17) is 4.74 Å². The summed E-state index contributed by atoms with van der Waals surface area (Å²) in [6.07, 6.45) is 17.3. The Balaban J connectivity index is 1.98. The molecule has 43 heavy (non-hydrogen) atoms. The third-order valence-electron chi connectivity index (χ3n) is 8.81. The second kappa shape index (κ2) is 25.2. The van der Waals surface area contributed by atoms with E-state index in [1.54, 1.807) is 13.0 Å². The zero-order valence-corrected chi connectivity index (χ0v) is 27.4. The van der Waals surface area contributed by atoms with Crippen molar-refractivity contribution in [2.45, 2.75) is 204 Å². The summed E-state index contributed by atoms with van der Waals surface area (Å²) in [6, 6.07) is 0. The monoisotopic (exact) mass is 614 g/mol. The molecule has 0 aromatic heterocycles. The van der Waals surface area contributed by atoms with Crippen LogP contribution in [0, 0.1) is 0 Å². The number of esters is 1. The van der Waals surface area contributed by atoms with E-state index in [0.717, 1.165) is 38.5 Å². The first-order valence-corrected chi connectivity index (χ1v) is 17.6. The maximum atomic E-state index is 11.6. The Kier molecular flexibility index (Phi) is 23.4. The van der Waals surface area contributed by atoms with Gasteiger partial charge in [0.15, 0.2) is 0 Å². The van der Waals surface area contributed by atoms with Crippen molar-refractivity contribution in [1.82, 2.24) is 0 Å². The summed E-state index contributed by atoms with van der Waals surface area (Å²) in [6.45, 7) is 4.02. The maximum Gasteiger partial charge on any atom is 0.334 e. The van der Waals surface area contributed by atoms with Gasteiger partial charge in [-0.25, -0.2) is 4.79 Å². The molecular weight excluding hydrogens is 548 g/mol. The highest BCUT2D eigenvalue weighted by Crippen LogP contribution is 2.21. The van der Waals surface area contributed by atoms with Gasteiger partial charge < -0.3 is 35.4 Å². The molecule has 1 rings (SSSR count). The molecule has 0 bridgehead atoms. The van der Waals surface area contributed by atoms with Gasteiger partial charge in [0.05, 0.1) is 36.6 Å². The van der Waals surface area contributed by atoms with Crippen molar-refractivity contribution in [1.29, 1.82) is 0 Å². The van der Waals surface area contributed by atoms with Crippen LogP contribution in [-0.4, -0.2) is 79.3 Å². The quantitative estimate of drug-likeness (QED) is 0.0443. The van der Waals surface area contributed by atoms with Crippen molar-refractivity contribution < 1.29 is 40.2 Å². The third-order valence-corrected chi connectivity index (χ3v) is 8.81. The Morgan fingerprint density at radius 3 is 1.42 bits per heavy atom. The van der Waals surface area contributed by atoms with Crippen LogP contribution < -0.4 is 0 Å². The van der Waals surface area contributed by atoms with Crippen LogP contribution in [0.15, 0.2) is 11.6 Å². The Hall–Kier alpha value is -1.03. The van der Waals surface area contributed by atoms with Crippen LogP contribution in [0.25, 0.3) is 0 Å². The lowest BCUT2D eigenvalue weighted by molar-refractivity contribution is -0.139. The van der Waals surface area contributed by atoms with E-state index in [2.05, 4.69) is 6.92 Å². The number of unbranched alkanes of at least 4 members (excludes halogenated alkanes) is 12. The molecular formula is C35H66O8. The molecule has 254 valence electrons. The molecule has 0 fully saturated rings. The number of hydrogen-bond donors (Lipinski definition) is 6. The lowest BCUT2D eigenvalue weighted by Gasteiger charge is -2.22. The number of aliphatic hydroxyl groups excluding tert-OH is 6. The highest BCUT2D eigenvalue weighted by atomic mass is 16.5. The van der Waals surface area contributed by atoms with Crippen molar-refractivity contribution in [3.63, 3.8) is 0 Å². The van der Waals surface area contributed by atoms with Crippen molar-refractivity contribution in [3.8, 4) is 0 Å². The molecule has 8 nitrogen and oxygen atoms in total. The number of ether oxygens (including phenoxy) is 1. The van der Waals surface area contributed by atoms with Crippen LogP contribution in [0.2, 0.25) is 0 Å². The Morgan fingerprint density at radius 1 is 0.558 bits per heavy atom. The first-order valence-electron chi connectivity index (χ1n) is 17.6. The predicted octanol–water partition coefficient (Wildman–Crippen LogP) is 6.02. The van der Waals surface area contributed by atoms with Crippen LogP contribution in [0.5, 0.6) is 0 Å². The number of carbonyl (C=O) groups excluding carboxylic acids is 1. The van der Waals surface area contributed by atoms with Gasteiger partial charge in [0.2, 0.25) is 0 Å². The Morgan fingerprint density at radius 2 is 0.953 bits per heavy atom. The molecule has 0 amide bonds.